The molecule has 2 aromatic rings. The topological polar surface area (TPSA) is 75.3 Å². The third-order valence-electron chi connectivity index (χ3n) is 4.14. The van der Waals surface area contributed by atoms with Gasteiger partial charge in [-0.05, 0) is 54.3 Å². The molecule has 0 fully saturated rings. The molecule has 0 heterocycles. The van der Waals surface area contributed by atoms with E-state index in [1.807, 2.05) is 24.3 Å². The van der Waals surface area contributed by atoms with Gasteiger partial charge >= 0.3 is 0 Å². The van der Waals surface area contributed by atoms with Crippen LogP contribution in [0.1, 0.15) is 38.2 Å². The lowest BCUT2D eigenvalue weighted by Crippen LogP contribution is -2.27. The van der Waals surface area contributed by atoms with Crippen molar-refractivity contribution in [3.63, 3.8) is 0 Å². The fourth-order valence-electron chi connectivity index (χ4n) is 2.35. The van der Waals surface area contributed by atoms with Crippen molar-refractivity contribution < 1.29 is 13.2 Å². The van der Waals surface area contributed by atoms with Crippen LogP contribution in [-0.4, -0.2) is 20.9 Å². The molecule has 1 unspecified atom stereocenters. The molecule has 7 heteroatoms. The molecule has 0 aliphatic rings. The molecule has 2 rings (SSSR count). The fraction of sp³-hybridized carbons (Fsp3) is 0.316. The Morgan fingerprint density at radius 1 is 1.08 bits per heavy atom. The van der Waals surface area contributed by atoms with E-state index in [2.05, 4.69) is 39.8 Å². The van der Waals surface area contributed by atoms with Gasteiger partial charge in [-0.2, -0.15) is 0 Å². The van der Waals surface area contributed by atoms with Crippen molar-refractivity contribution in [2.45, 2.75) is 37.5 Å². The summed E-state index contributed by atoms with van der Waals surface area (Å²) in [5.41, 5.74) is 1.94. The second-order valence-corrected chi connectivity index (χ2v) is 8.76. The molecule has 0 radical (unpaired) electrons. The minimum atomic E-state index is -3.61. The third-order valence-corrected chi connectivity index (χ3v) is 6.15. The van der Waals surface area contributed by atoms with Crippen LogP contribution >= 0.6 is 15.9 Å². The van der Waals surface area contributed by atoms with Gasteiger partial charge in [0.25, 0.3) is 0 Å². The Morgan fingerprint density at radius 3 is 2.27 bits per heavy atom. The lowest BCUT2D eigenvalue weighted by atomic mass is 9.99. The molecule has 26 heavy (non-hydrogen) atoms. The van der Waals surface area contributed by atoms with Gasteiger partial charge < -0.3 is 5.32 Å². The number of nitrogens with one attached hydrogen (secondary N) is 2. The van der Waals surface area contributed by atoms with Gasteiger partial charge in [0.15, 0.2) is 0 Å². The van der Waals surface area contributed by atoms with Crippen LogP contribution in [0, 0.1) is 0 Å². The molecule has 0 saturated heterocycles. The molecule has 0 aliphatic carbocycles. The van der Waals surface area contributed by atoms with Crippen molar-refractivity contribution in [2.24, 2.45) is 0 Å². The van der Waals surface area contributed by atoms with E-state index in [1.165, 1.54) is 17.7 Å². The zero-order valence-corrected chi connectivity index (χ0v) is 17.2. The Kier molecular flexibility index (Phi) is 7.37. The Hall–Kier alpha value is -1.70. The highest BCUT2D eigenvalue weighted by Gasteiger charge is 2.14. The molecule has 2 aromatic carbocycles. The average Bonchev–Trinajstić information content (AvgIpc) is 2.62. The molecule has 2 N–H and O–H groups in total. The molecule has 1 amide bonds. The van der Waals surface area contributed by atoms with Crippen LogP contribution in [0.5, 0.6) is 0 Å². The Labute approximate surface area is 163 Å². The van der Waals surface area contributed by atoms with E-state index < -0.39 is 10.0 Å². The SMILES string of the molecule is CCC(C)c1ccc(NC(=O)CCNS(=O)(=O)c2ccc(Br)cc2)cc1. The van der Waals surface area contributed by atoms with Crippen molar-refractivity contribution in [2.75, 3.05) is 11.9 Å². The molecular weight excluding hydrogens is 416 g/mol. The summed E-state index contributed by atoms with van der Waals surface area (Å²) in [5, 5.41) is 2.78. The van der Waals surface area contributed by atoms with E-state index in [9.17, 15) is 13.2 Å². The predicted octanol–water partition coefficient (Wildman–Crippen LogP) is 4.27. The minimum absolute atomic E-state index is 0.0369. The largest absolute Gasteiger partial charge is 0.326 e. The summed E-state index contributed by atoms with van der Waals surface area (Å²) in [6, 6.07) is 14.1. The van der Waals surface area contributed by atoms with E-state index in [-0.39, 0.29) is 23.8 Å². The van der Waals surface area contributed by atoms with Crippen LogP contribution in [0.25, 0.3) is 0 Å². The van der Waals surface area contributed by atoms with Gasteiger partial charge in [0.2, 0.25) is 15.9 Å². The number of halogens is 1. The van der Waals surface area contributed by atoms with Crippen molar-refractivity contribution in [1.82, 2.24) is 4.72 Å². The maximum absolute atomic E-state index is 12.2. The van der Waals surface area contributed by atoms with Gasteiger partial charge in [0, 0.05) is 23.1 Å². The van der Waals surface area contributed by atoms with Crippen molar-refractivity contribution in [1.29, 1.82) is 0 Å². The molecule has 0 bridgehead atoms. The first-order valence-corrected chi connectivity index (χ1v) is 10.7. The normalized spacial score (nSPS) is 12.6. The number of sulfonamides is 1. The summed E-state index contributed by atoms with van der Waals surface area (Å²) in [6.07, 6.45) is 1.12. The van der Waals surface area contributed by atoms with Crippen LogP contribution in [0.2, 0.25) is 0 Å². The first-order valence-electron chi connectivity index (χ1n) is 8.47. The molecule has 1 atom stereocenters. The maximum atomic E-state index is 12.2. The van der Waals surface area contributed by atoms with E-state index >= 15 is 0 Å². The fourth-order valence-corrected chi connectivity index (χ4v) is 3.65. The number of hydrogen-bond acceptors (Lipinski definition) is 3. The number of benzene rings is 2. The Bertz CT molecular complexity index is 834. The molecule has 0 spiro atoms. The highest BCUT2D eigenvalue weighted by atomic mass is 79.9. The van der Waals surface area contributed by atoms with E-state index in [0.29, 0.717) is 11.6 Å². The van der Waals surface area contributed by atoms with Crippen LogP contribution in [0.15, 0.2) is 57.9 Å². The quantitative estimate of drug-likeness (QED) is 0.645. The zero-order valence-electron chi connectivity index (χ0n) is 14.8. The minimum Gasteiger partial charge on any atom is -0.326 e. The lowest BCUT2D eigenvalue weighted by Gasteiger charge is -2.11. The number of carbonyl (C=O) groups excluding carboxylic acids is 1. The maximum Gasteiger partial charge on any atom is 0.240 e. The standard InChI is InChI=1S/C19H23BrN2O3S/c1-3-14(2)15-4-8-17(9-5-15)22-19(23)12-13-21-26(24,25)18-10-6-16(20)7-11-18/h4-11,14,21H,3,12-13H2,1-2H3,(H,22,23). The van der Waals surface area contributed by atoms with Crippen LogP contribution < -0.4 is 10.0 Å². The summed E-state index contributed by atoms with van der Waals surface area (Å²) >= 11 is 3.26. The number of carbonyl (C=O) groups is 1. The number of rotatable bonds is 8. The van der Waals surface area contributed by atoms with Crippen molar-refractivity contribution >= 4 is 37.5 Å². The summed E-state index contributed by atoms with van der Waals surface area (Å²) in [7, 11) is -3.61. The highest BCUT2D eigenvalue weighted by Crippen LogP contribution is 2.20. The first kappa shape index (κ1) is 20.6. The number of amides is 1. The molecule has 0 saturated carbocycles. The Balaban J connectivity index is 1.84. The summed E-state index contributed by atoms with van der Waals surface area (Å²) in [4.78, 5) is 12.2. The van der Waals surface area contributed by atoms with Crippen molar-refractivity contribution in [3.8, 4) is 0 Å². The first-order chi connectivity index (χ1) is 12.3. The van der Waals surface area contributed by atoms with E-state index in [4.69, 9.17) is 0 Å². The van der Waals surface area contributed by atoms with Crippen LogP contribution in [0.3, 0.4) is 0 Å². The molecular formula is C19H23BrN2O3S. The number of hydrogen-bond donors (Lipinski definition) is 2. The van der Waals surface area contributed by atoms with Gasteiger partial charge in [0.1, 0.15) is 0 Å². The molecule has 0 aromatic heterocycles. The van der Waals surface area contributed by atoms with Crippen LogP contribution in [0.4, 0.5) is 5.69 Å². The highest BCUT2D eigenvalue weighted by molar-refractivity contribution is 9.10. The van der Waals surface area contributed by atoms with Crippen LogP contribution in [-0.2, 0) is 14.8 Å². The van der Waals surface area contributed by atoms with Gasteiger partial charge in [0.05, 0.1) is 4.90 Å². The van der Waals surface area contributed by atoms with E-state index in [0.717, 1.165) is 10.9 Å². The second-order valence-electron chi connectivity index (χ2n) is 6.08. The number of anilines is 1. The summed E-state index contributed by atoms with van der Waals surface area (Å²) in [5.74, 6) is 0.243. The zero-order chi connectivity index (χ0) is 19.2. The van der Waals surface area contributed by atoms with Gasteiger partial charge in [-0.15, -0.1) is 0 Å². The summed E-state index contributed by atoms with van der Waals surface area (Å²) in [6.45, 7) is 4.33. The molecule has 140 valence electrons. The van der Waals surface area contributed by atoms with Gasteiger partial charge in [-0.1, -0.05) is 41.9 Å². The Morgan fingerprint density at radius 2 is 1.69 bits per heavy atom. The van der Waals surface area contributed by atoms with Crippen molar-refractivity contribution in [3.05, 3.63) is 58.6 Å². The second kappa shape index (κ2) is 9.30. The lowest BCUT2D eigenvalue weighted by molar-refractivity contribution is -0.116. The van der Waals surface area contributed by atoms with E-state index in [1.54, 1.807) is 12.1 Å². The third kappa shape index (κ3) is 5.93. The monoisotopic (exact) mass is 438 g/mol. The smallest absolute Gasteiger partial charge is 0.240 e. The molecule has 5 nitrogen and oxygen atoms in total. The van der Waals surface area contributed by atoms with Gasteiger partial charge in [-0.3, -0.25) is 4.79 Å². The molecule has 0 aliphatic heterocycles. The van der Waals surface area contributed by atoms with Gasteiger partial charge in [-0.25, -0.2) is 13.1 Å². The predicted molar refractivity (Wildman–Crippen MR) is 108 cm³/mol. The summed E-state index contributed by atoms with van der Waals surface area (Å²) < 4.78 is 27.6. The average molecular weight is 439 g/mol.